The number of hydrogen-bond acceptors (Lipinski definition) is 6. The quantitative estimate of drug-likeness (QED) is 0.603. The highest BCUT2D eigenvalue weighted by atomic mass is 16.5. The highest BCUT2D eigenvalue weighted by Gasteiger charge is 2.29. The van der Waals surface area contributed by atoms with Gasteiger partial charge in [0.15, 0.2) is 0 Å². The predicted molar refractivity (Wildman–Crippen MR) is 98.4 cm³/mol. The van der Waals surface area contributed by atoms with Gasteiger partial charge in [-0.2, -0.15) is 5.53 Å². The summed E-state index contributed by atoms with van der Waals surface area (Å²) in [6, 6.07) is 17.1. The number of hydrazine groups is 2. The molecule has 2 unspecified atom stereocenters. The lowest BCUT2D eigenvalue weighted by atomic mass is 10.0. The van der Waals surface area contributed by atoms with Gasteiger partial charge in [0, 0.05) is 39.5 Å². The summed E-state index contributed by atoms with van der Waals surface area (Å²) in [6.45, 7) is 3.50. The summed E-state index contributed by atoms with van der Waals surface area (Å²) in [5, 5.41) is 0. The molecule has 1 fully saturated rings. The van der Waals surface area contributed by atoms with E-state index in [1.165, 1.54) is 5.56 Å². The molecule has 25 heavy (non-hydrogen) atoms. The van der Waals surface area contributed by atoms with Crippen molar-refractivity contribution >= 4 is 0 Å². The molecule has 1 aliphatic rings. The second-order valence-electron chi connectivity index (χ2n) is 6.31. The maximum absolute atomic E-state index is 5.22. The summed E-state index contributed by atoms with van der Waals surface area (Å²) in [4.78, 5) is 6.91. The Morgan fingerprint density at radius 2 is 1.92 bits per heavy atom. The number of ether oxygens (including phenoxy) is 1. The molecule has 2 atom stereocenters. The zero-order valence-electron chi connectivity index (χ0n) is 14.7. The SMILES string of the molecule is COCCCN(Cc1ccccn1)CC1NNNC1c1ccccc1. The van der Waals surface area contributed by atoms with Gasteiger partial charge in [-0.15, -0.1) is 0 Å². The molecule has 0 saturated carbocycles. The number of rotatable bonds is 9. The molecule has 3 rings (SSSR count). The van der Waals surface area contributed by atoms with Gasteiger partial charge in [-0.1, -0.05) is 36.4 Å². The summed E-state index contributed by atoms with van der Waals surface area (Å²) < 4.78 is 5.22. The highest BCUT2D eigenvalue weighted by Crippen LogP contribution is 2.20. The fourth-order valence-electron chi connectivity index (χ4n) is 3.19. The van der Waals surface area contributed by atoms with Gasteiger partial charge in [-0.3, -0.25) is 9.88 Å². The first-order valence-corrected chi connectivity index (χ1v) is 8.79. The number of nitrogens with zero attached hydrogens (tertiary/aromatic N) is 2. The fourth-order valence-corrected chi connectivity index (χ4v) is 3.19. The third-order valence-electron chi connectivity index (χ3n) is 4.44. The average Bonchev–Trinajstić information content (AvgIpc) is 3.11. The van der Waals surface area contributed by atoms with Gasteiger partial charge < -0.3 is 4.74 Å². The Bertz CT molecular complexity index is 610. The van der Waals surface area contributed by atoms with Crippen molar-refractivity contribution < 1.29 is 4.74 Å². The number of benzene rings is 1. The summed E-state index contributed by atoms with van der Waals surface area (Å²) in [5.41, 5.74) is 12.1. The number of hydrogen-bond donors (Lipinski definition) is 3. The van der Waals surface area contributed by atoms with Crippen LogP contribution < -0.4 is 16.4 Å². The topological polar surface area (TPSA) is 61.5 Å². The van der Waals surface area contributed by atoms with E-state index in [0.717, 1.165) is 38.4 Å². The first-order chi connectivity index (χ1) is 12.4. The maximum Gasteiger partial charge on any atom is 0.0655 e. The lowest BCUT2D eigenvalue weighted by molar-refractivity contribution is 0.162. The molecule has 1 saturated heterocycles. The van der Waals surface area contributed by atoms with Crippen LogP contribution in [0.5, 0.6) is 0 Å². The monoisotopic (exact) mass is 341 g/mol. The van der Waals surface area contributed by atoms with Gasteiger partial charge in [0.25, 0.3) is 0 Å². The molecular weight excluding hydrogens is 314 g/mol. The molecule has 0 bridgehead atoms. The van der Waals surface area contributed by atoms with E-state index < -0.39 is 0 Å². The van der Waals surface area contributed by atoms with Crippen LogP contribution in [-0.2, 0) is 11.3 Å². The molecule has 6 nitrogen and oxygen atoms in total. The second kappa shape index (κ2) is 9.60. The largest absolute Gasteiger partial charge is 0.385 e. The van der Waals surface area contributed by atoms with Crippen LogP contribution in [0.15, 0.2) is 54.7 Å². The van der Waals surface area contributed by atoms with Crippen LogP contribution in [0.3, 0.4) is 0 Å². The van der Waals surface area contributed by atoms with Crippen molar-refractivity contribution in [2.45, 2.75) is 25.0 Å². The van der Waals surface area contributed by atoms with E-state index >= 15 is 0 Å². The Morgan fingerprint density at radius 3 is 2.68 bits per heavy atom. The molecular formula is C19H27N5O. The Balaban J connectivity index is 1.65. The minimum atomic E-state index is 0.231. The predicted octanol–water partition coefficient (Wildman–Crippen LogP) is 1.64. The van der Waals surface area contributed by atoms with Gasteiger partial charge in [0.2, 0.25) is 0 Å². The molecule has 1 aromatic heterocycles. The van der Waals surface area contributed by atoms with Crippen molar-refractivity contribution in [3.05, 3.63) is 66.0 Å². The summed E-state index contributed by atoms with van der Waals surface area (Å²) in [7, 11) is 1.75. The molecule has 1 aliphatic heterocycles. The van der Waals surface area contributed by atoms with Gasteiger partial charge in [-0.25, -0.2) is 10.9 Å². The fraction of sp³-hybridized carbons (Fsp3) is 0.421. The van der Waals surface area contributed by atoms with E-state index in [1.807, 2.05) is 24.4 Å². The maximum atomic E-state index is 5.22. The molecule has 1 aromatic carbocycles. The lowest BCUT2D eigenvalue weighted by Crippen LogP contribution is -2.42. The van der Waals surface area contributed by atoms with Crippen molar-refractivity contribution in [1.29, 1.82) is 0 Å². The van der Waals surface area contributed by atoms with E-state index in [0.29, 0.717) is 0 Å². The first-order valence-electron chi connectivity index (χ1n) is 8.79. The molecule has 2 aromatic rings. The minimum Gasteiger partial charge on any atom is -0.385 e. The van der Waals surface area contributed by atoms with Crippen molar-refractivity contribution in [3.63, 3.8) is 0 Å². The Labute approximate surface area is 149 Å². The zero-order chi connectivity index (χ0) is 17.3. The highest BCUT2D eigenvalue weighted by molar-refractivity contribution is 5.21. The number of nitrogens with one attached hydrogen (secondary N) is 3. The van der Waals surface area contributed by atoms with Gasteiger partial charge in [0.1, 0.15) is 0 Å². The first kappa shape index (κ1) is 18.0. The standard InChI is InChI=1S/C19H27N5O/c1-25-13-7-12-24(14-17-10-5-6-11-20-17)15-18-19(22-23-21-18)16-8-3-2-4-9-16/h2-6,8-11,18-19,21-23H,7,12-15H2,1H3. The van der Waals surface area contributed by atoms with Crippen LogP contribution in [0, 0.1) is 0 Å². The molecule has 2 heterocycles. The molecule has 0 spiro atoms. The van der Waals surface area contributed by atoms with Gasteiger partial charge >= 0.3 is 0 Å². The van der Waals surface area contributed by atoms with Crippen LogP contribution >= 0.6 is 0 Å². The Kier molecular flexibility index (Phi) is 6.90. The molecule has 0 amide bonds. The van der Waals surface area contributed by atoms with Gasteiger partial charge in [-0.05, 0) is 24.1 Å². The van der Waals surface area contributed by atoms with Gasteiger partial charge in [0.05, 0.1) is 17.8 Å². The van der Waals surface area contributed by atoms with Crippen LogP contribution in [0.2, 0.25) is 0 Å². The Morgan fingerprint density at radius 1 is 1.08 bits per heavy atom. The van der Waals surface area contributed by atoms with E-state index in [1.54, 1.807) is 7.11 Å². The molecule has 3 N–H and O–H groups in total. The van der Waals surface area contributed by atoms with Crippen LogP contribution in [0.1, 0.15) is 23.7 Å². The van der Waals surface area contributed by atoms with Crippen LogP contribution in [-0.4, -0.2) is 42.7 Å². The van der Waals surface area contributed by atoms with E-state index in [9.17, 15) is 0 Å². The number of methoxy groups -OCH3 is 1. The van der Waals surface area contributed by atoms with Crippen molar-refractivity contribution in [1.82, 2.24) is 26.3 Å². The summed E-state index contributed by atoms with van der Waals surface area (Å²) in [5.74, 6) is 0. The van der Waals surface area contributed by atoms with Crippen LogP contribution in [0.4, 0.5) is 0 Å². The molecule has 0 aliphatic carbocycles. The Hall–Kier alpha value is -1.83. The smallest absolute Gasteiger partial charge is 0.0655 e. The van der Waals surface area contributed by atoms with E-state index in [-0.39, 0.29) is 12.1 Å². The lowest BCUT2D eigenvalue weighted by Gasteiger charge is -2.27. The summed E-state index contributed by atoms with van der Waals surface area (Å²) >= 11 is 0. The minimum absolute atomic E-state index is 0.231. The molecule has 134 valence electrons. The van der Waals surface area contributed by atoms with Crippen molar-refractivity contribution in [3.8, 4) is 0 Å². The van der Waals surface area contributed by atoms with Crippen molar-refractivity contribution in [2.75, 3.05) is 26.8 Å². The van der Waals surface area contributed by atoms with E-state index in [4.69, 9.17) is 4.74 Å². The third kappa shape index (κ3) is 5.32. The molecule has 6 heteroatoms. The average molecular weight is 341 g/mol. The van der Waals surface area contributed by atoms with E-state index in [2.05, 4.69) is 56.6 Å². The van der Waals surface area contributed by atoms with Crippen LogP contribution in [0.25, 0.3) is 0 Å². The zero-order valence-corrected chi connectivity index (χ0v) is 14.7. The number of aromatic nitrogens is 1. The summed E-state index contributed by atoms with van der Waals surface area (Å²) in [6.07, 6.45) is 2.86. The molecule has 0 radical (unpaired) electrons. The normalized spacial score (nSPS) is 20.2. The third-order valence-corrected chi connectivity index (χ3v) is 4.44. The second-order valence-corrected chi connectivity index (χ2v) is 6.31. The van der Waals surface area contributed by atoms with Crippen molar-refractivity contribution in [2.24, 2.45) is 0 Å². The number of pyridine rings is 1.